The summed E-state index contributed by atoms with van der Waals surface area (Å²) in [6.45, 7) is 3.57. The van der Waals surface area contributed by atoms with Crippen molar-refractivity contribution in [1.29, 1.82) is 0 Å². The summed E-state index contributed by atoms with van der Waals surface area (Å²) in [6, 6.07) is -0.131. The van der Waals surface area contributed by atoms with Crippen LogP contribution in [0.5, 0.6) is 0 Å². The average molecular weight is 270 g/mol. The van der Waals surface area contributed by atoms with Crippen molar-refractivity contribution in [2.45, 2.75) is 51.9 Å². The van der Waals surface area contributed by atoms with Crippen molar-refractivity contribution in [2.75, 3.05) is 13.1 Å². The molecule has 1 aliphatic rings. The third-order valence-corrected chi connectivity index (χ3v) is 3.70. The van der Waals surface area contributed by atoms with E-state index in [0.717, 1.165) is 12.5 Å². The molecule has 3 N–H and O–H groups in total. The van der Waals surface area contributed by atoms with E-state index >= 15 is 0 Å². The van der Waals surface area contributed by atoms with Gasteiger partial charge in [0.2, 0.25) is 0 Å². The van der Waals surface area contributed by atoms with Crippen molar-refractivity contribution in [2.24, 2.45) is 11.8 Å². The van der Waals surface area contributed by atoms with Gasteiger partial charge in [-0.1, -0.05) is 19.8 Å². The summed E-state index contributed by atoms with van der Waals surface area (Å²) in [4.78, 5) is 21.8. The first-order valence-electron chi connectivity index (χ1n) is 7.31. The minimum absolute atomic E-state index is 0.131. The van der Waals surface area contributed by atoms with Crippen molar-refractivity contribution in [3.8, 4) is 0 Å². The van der Waals surface area contributed by atoms with Crippen LogP contribution in [0.4, 0.5) is 4.79 Å². The van der Waals surface area contributed by atoms with Gasteiger partial charge in [-0.3, -0.25) is 4.79 Å². The van der Waals surface area contributed by atoms with E-state index in [0.29, 0.717) is 25.3 Å². The van der Waals surface area contributed by atoms with Crippen molar-refractivity contribution in [3.63, 3.8) is 0 Å². The third-order valence-electron chi connectivity index (χ3n) is 3.70. The first kappa shape index (κ1) is 15.8. The Morgan fingerprint density at radius 2 is 2.00 bits per heavy atom. The Labute approximate surface area is 115 Å². The zero-order valence-electron chi connectivity index (χ0n) is 11.8. The summed E-state index contributed by atoms with van der Waals surface area (Å²) in [7, 11) is 0. The molecular formula is C14H26N2O3. The van der Waals surface area contributed by atoms with Gasteiger partial charge >= 0.3 is 12.0 Å². The van der Waals surface area contributed by atoms with E-state index in [1.807, 2.05) is 0 Å². The predicted octanol–water partition coefficient (Wildman–Crippen LogP) is 2.37. The molecule has 5 heteroatoms. The standard InChI is InChI=1S/C14H26N2O3/c1-11-5-4-6-12(9-11)10-16-14(19)15-8-3-2-7-13(17)18/h11-12H,2-10H2,1H3,(H,17,18)(H2,15,16,19). The van der Waals surface area contributed by atoms with Crippen LogP contribution in [0.25, 0.3) is 0 Å². The maximum atomic E-state index is 11.5. The highest BCUT2D eigenvalue weighted by atomic mass is 16.4. The Morgan fingerprint density at radius 3 is 2.68 bits per heavy atom. The molecule has 0 aromatic carbocycles. The zero-order valence-corrected chi connectivity index (χ0v) is 11.8. The Bertz CT molecular complexity index is 294. The fraction of sp³-hybridized carbons (Fsp3) is 0.857. The number of unbranched alkanes of at least 4 members (excludes halogenated alkanes) is 1. The second kappa shape index (κ2) is 8.77. The molecule has 0 aromatic rings. The van der Waals surface area contributed by atoms with E-state index in [1.165, 1.54) is 25.7 Å². The Balaban J connectivity index is 2.00. The van der Waals surface area contributed by atoms with Crippen LogP contribution in [-0.2, 0) is 4.79 Å². The number of carboxylic acids is 1. The highest BCUT2D eigenvalue weighted by Crippen LogP contribution is 2.27. The van der Waals surface area contributed by atoms with Crippen LogP contribution >= 0.6 is 0 Å². The number of carbonyl (C=O) groups is 2. The second-order valence-corrected chi connectivity index (χ2v) is 5.63. The molecule has 0 radical (unpaired) electrons. The number of carbonyl (C=O) groups excluding carboxylic acids is 1. The molecule has 19 heavy (non-hydrogen) atoms. The van der Waals surface area contributed by atoms with Gasteiger partial charge in [0.25, 0.3) is 0 Å². The fourth-order valence-electron chi connectivity index (χ4n) is 2.65. The van der Waals surface area contributed by atoms with Gasteiger partial charge in [0.05, 0.1) is 0 Å². The quantitative estimate of drug-likeness (QED) is 0.621. The first-order valence-corrected chi connectivity index (χ1v) is 7.31. The van der Waals surface area contributed by atoms with Gasteiger partial charge in [0.15, 0.2) is 0 Å². The van der Waals surface area contributed by atoms with Gasteiger partial charge in [-0.05, 0) is 37.5 Å². The highest BCUT2D eigenvalue weighted by molar-refractivity contribution is 5.73. The summed E-state index contributed by atoms with van der Waals surface area (Å²) in [5.41, 5.74) is 0. The molecule has 2 unspecified atom stereocenters. The topological polar surface area (TPSA) is 78.4 Å². The van der Waals surface area contributed by atoms with Crippen LogP contribution in [0.2, 0.25) is 0 Å². The lowest BCUT2D eigenvalue weighted by Crippen LogP contribution is -2.39. The van der Waals surface area contributed by atoms with Crippen LogP contribution in [0.3, 0.4) is 0 Å². The smallest absolute Gasteiger partial charge is 0.314 e. The minimum atomic E-state index is -0.782. The van der Waals surface area contributed by atoms with Gasteiger partial charge in [-0.2, -0.15) is 0 Å². The first-order chi connectivity index (χ1) is 9.08. The molecule has 0 bridgehead atoms. The van der Waals surface area contributed by atoms with Gasteiger partial charge < -0.3 is 15.7 Å². The van der Waals surface area contributed by atoms with Crippen molar-refractivity contribution in [1.82, 2.24) is 10.6 Å². The third kappa shape index (κ3) is 7.70. The van der Waals surface area contributed by atoms with E-state index in [4.69, 9.17) is 5.11 Å². The molecule has 1 saturated carbocycles. The molecule has 1 aliphatic carbocycles. The molecule has 0 heterocycles. The zero-order chi connectivity index (χ0) is 14.1. The van der Waals surface area contributed by atoms with E-state index in [9.17, 15) is 9.59 Å². The minimum Gasteiger partial charge on any atom is -0.481 e. The predicted molar refractivity (Wildman–Crippen MR) is 74.0 cm³/mol. The normalized spacial score (nSPS) is 22.8. The summed E-state index contributed by atoms with van der Waals surface area (Å²) in [6.07, 6.45) is 6.48. The summed E-state index contributed by atoms with van der Waals surface area (Å²) < 4.78 is 0. The number of hydrogen-bond acceptors (Lipinski definition) is 2. The van der Waals surface area contributed by atoms with Crippen LogP contribution in [0.15, 0.2) is 0 Å². The number of nitrogens with one attached hydrogen (secondary N) is 2. The van der Waals surface area contributed by atoms with Crippen molar-refractivity contribution < 1.29 is 14.7 Å². The molecule has 0 aromatic heterocycles. The molecule has 2 amide bonds. The van der Waals surface area contributed by atoms with Crippen molar-refractivity contribution >= 4 is 12.0 Å². The molecule has 0 saturated heterocycles. The van der Waals surface area contributed by atoms with Crippen LogP contribution in [-0.4, -0.2) is 30.2 Å². The van der Waals surface area contributed by atoms with Gasteiger partial charge in [-0.15, -0.1) is 0 Å². The monoisotopic (exact) mass is 270 g/mol. The molecule has 2 atom stereocenters. The van der Waals surface area contributed by atoms with E-state index < -0.39 is 5.97 Å². The lowest BCUT2D eigenvalue weighted by atomic mass is 9.82. The van der Waals surface area contributed by atoms with Gasteiger partial charge in [0, 0.05) is 19.5 Å². The Hall–Kier alpha value is -1.26. The maximum Gasteiger partial charge on any atom is 0.314 e. The summed E-state index contributed by atoms with van der Waals surface area (Å²) in [5, 5.41) is 14.1. The van der Waals surface area contributed by atoms with Crippen LogP contribution < -0.4 is 10.6 Å². The van der Waals surface area contributed by atoms with Gasteiger partial charge in [-0.25, -0.2) is 4.79 Å². The Kier molecular flexibility index (Phi) is 7.30. The van der Waals surface area contributed by atoms with Crippen molar-refractivity contribution in [3.05, 3.63) is 0 Å². The lowest BCUT2D eigenvalue weighted by Gasteiger charge is -2.26. The fourth-order valence-corrected chi connectivity index (χ4v) is 2.65. The van der Waals surface area contributed by atoms with E-state index in [2.05, 4.69) is 17.6 Å². The largest absolute Gasteiger partial charge is 0.481 e. The number of amides is 2. The Morgan fingerprint density at radius 1 is 1.21 bits per heavy atom. The van der Waals surface area contributed by atoms with Crippen LogP contribution in [0.1, 0.15) is 51.9 Å². The summed E-state index contributed by atoms with van der Waals surface area (Å²) in [5.74, 6) is 0.608. The lowest BCUT2D eigenvalue weighted by molar-refractivity contribution is -0.137. The number of aliphatic carboxylic acids is 1. The molecule has 1 rings (SSSR count). The summed E-state index contributed by atoms with van der Waals surface area (Å²) >= 11 is 0. The molecule has 110 valence electrons. The number of hydrogen-bond donors (Lipinski definition) is 3. The maximum absolute atomic E-state index is 11.5. The second-order valence-electron chi connectivity index (χ2n) is 5.63. The molecule has 0 aliphatic heterocycles. The van der Waals surface area contributed by atoms with E-state index in [1.54, 1.807) is 0 Å². The number of rotatable bonds is 7. The van der Waals surface area contributed by atoms with E-state index in [-0.39, 0.29) is 12.5 Å². The van der Waals surface area contributed by atoms with Gasteiger partial charge in [0.1, 0.15) is 0 Å². The molecule has 5 nitrogen and oxygen atoms in total. The SMILES string of the molecule is CC1CCCC(CNC(=O)NCCCCC(=O)O)C1. The molecule has 1 fully saturated rings. The molecule has 0 spiro atoms. The average Bonchev–Trinajstić information content (AvgIpc) is 2.35. The highest BCUT2D eigenvalue weighted by Gasteiger charge is 2.18. The number of urea groups is 1. The number of carboxylic acid groups (broad SMARTS) is 1. The molecular weight excluding hydrogens is 244 g/mol. The van der Waals surface area contributed by atoms with Crippen LogP contribution in [0, 0.1) is 11.8 Å².